The van der Waals surface area contributed by atoms with Crippen LogP contribution in [-0.2, 0) is 9.53 Å². The Morgan fingerprint density at radius 3 is 2.94 bits per heavy atom. The van der Waals surface area contributed by atoms with Crippen molar-refractivity contribution >= 4 is 5.91 Å². The van der Waals surface area contributed by atoms with E-state index >= 15 is 0 Å². The van der Waals surface area contributed by atoms with E-state index in [1.165, 1.54) is 0 Å². The Morgan fingerprint density at radius 1 is 1.72 bits per heavy atom. The lowest BCUT2D eigenvalue weighted by atomic mass is 10.0. The Hall–Kier alpha value is -1.09. The number of morpholine rings is 1. The number of carbonyl (C=O) groups is 1. The van der Waals surface area contributed by atoms with E-state index in [9.17, 15) is 9.90 Å². The molecule has 0 spiro atoms. The number of aliphatic hydroxyl groups is 1. The number of nitrogens with one attached hydrogen (secondary N) is 1. The number of nitrogens with zero attached hydrogens (tertiary/aromatic N) is 1. The molecule has 1 saturated heterocycles. The second kappa shape index (κ2) is 6.19. The van der Waals surface area contributed by atoms with Gasteiger partial charge in [-0.15, -0.1) is 6.42 Å². The zero-order valence-corrected chi connectivity index (χ0v) is 11.3. The van der Waals surface area contributed by atoms with E-state index < -0.39 is 0 Å². The van der Waals surface area contributed by atoms with Crippen LogP contribution in [0.1, 0.15) is 20.8 Å². The molecule has 0 aliphatic carbocycles. The second-order valence-electron chi connectivity index (χ2n) is 5.21. The van der Waals surface area contributed by atoms with E-state index in [4.69, 9.17) is 11.2 Å². The van der Waals surface area contributed by atoms with Crippen LogP contribution >= 0.6 is 0 Å². The predicted octanol–water partition coefficient (Wildman–Crippen LogP) is -0.404. The Bertz CT molecular complexity index is 336. The van der Waals surface area contributed by atoms with E-state index in [1.807, 2.05) is 25.7 Å². The van der Waals surface area contributed by atoms with Crippen molar-refractivity contribution in [2.75, 3.05) is 26.2 Å². The smallest absolute Gasteiger partial charge is 0.237 e. The third kappa shape index (κ3) is 3.98. The van der Waals surface area contributed by atoms with Crippen molar-refractivity contribution in [1.82, 2.24) is 10.2 Å². The molecule has 1 aliphatic rings. The molecule has 1 aliphatic heterocycles. The summed E-state index contributed by atoms with van der Waals surface area (Å²) in [6, 6.07) is -0.282. The zero-order valence-electron chi connectivity index (χ0n) is 11.3. The van der Waals surface area contributed by atoms with E-state index in [1.54, 1.807) is 0 Å². The molecule has 2 atom stereocenters. The number of terminal acetylenes is 1. The Morgan fingerprint density at radius 2 is 2.39 bits per heavy atom. The van der Waals surface area contributed by atoms with Crippen molar-refractivity contribution in [3.05, 3.63) is 0 Å². The van der Waals surface area contributed by atoms with Crippen LogP contribution in [0.25, 0.3) is 0 Å². The quantitative estimate of drug-likeness (QED) is 0.670. The molecule has 102 valence electrons. The molecule has 0 aromatic rings. The predicted molar refractivity (Wildman–Crippen MR) is 68.9 cm³/mol. The van der Waals surface area contributed by atoms with Gasteiger partial charge in [-0.2, -0.15) is 0 Å². The van der Waals surface area contributed by atoms with Gasteiger partial charge in [-0.25, -0.2) is 0 Å². The number of ether oxygens (including phenoxy) is 1. The molecule has 5 heteroatoms. The third-order valence-electron chi connectivity index (χ3n) is 3.00. The molecule has 0 aromatic carbocycles. The van der Waals surface area contributed by atoms with Crippen molar-refractivity contribution < 1.29 is 14.6 Å². The number of aliphatic hydroxyl groups excluding tert-OH is 1. The summed E-state index contributed by atoms with van der Waals surface area (Å²) in [5.74, 6) is 2.28. The summed E-state index contributed by atoms with van der Waals surface area (Å²) in [7, 11) is 0. The normalized spacial score (nSPS) is 25.2. The number of hydrogen-bond donors (Lipinski definition) is 2. The van der Waals surface area contributed by atoms with Crippen molar-refractivity contribution in [1.29, 1.82) is 0 Å². The number of rotatable bonds is 4. The second-order valence-corrected chi connectivity index (χ2v) is 5.21. The van der Waals surface area contributed by atoms with Crippen molar-refractivity contribution in [3.63, 3.8) is 0 Å². The summed E-state index contributed by atoms with van der Waals surface area (Å²) in [6.45, 7) is 7.13. The van der Waals surface area contributed by atoms with Crippen molar-refractivity contribution in [2.45, 2.75) is 38.5 Å². The van der Waals surface area contributed by atoms with Gasteiger partial charge < -0.3 is 15.2 Å². The van der Waals surface area contributed by atoms with Crippen LogP contribution in [0.5, 0.6) is 0 Å². The average Bonchev–Trinajstić information content (AvgIpc) is 2.32. The summed E-state index contributed by atoms with van der Waals surface area (Å²) in [5.41, 5.74) is -0.369. The molecule has 1 fully saturated rings. The number of amides is 1. The van der Waals surface area contributed by atoms with E-state index in [2.05, 4.69) is 11.2 Å². The van der Waals surface area contributed by atoms with Crippen LogP contribution < -0.4 is 5.32 Å². The summed E-state index contributed by atoms with van der Waals surface area (Å²) >= 11 is 0. The van der Waals surface area contributed by atoms with Gasteiger partial charge in [0.15, 0.2) is 0 Å². The fourth-order valence-corrected chi connectivity index (χ4v) is 2.18. The first-order valence-electron chi connectivity index (χ1n) is 6.13. The highest BCUT2D eigenvalue weighted by atomic mass is 16.5. The minimum absolute atomic E-state index is 0.0430. The van der Waals surface area contributed by atoms with E-state index in [0.29, 0.717) is 13.1 Å². The molecule has 0 bridgehead atoms. The van der Waals surface area contributed by atoms with Crippen LogP contribution in [0.2, 0.25) is 0 Å². The monoisotopic (exact) mass is 254 g/mol. The molecule has 0 radical (unpaired) electrons. The molecule has 18 heavy (non-hydrogen) atoms. The molecule has 1 amide bonds. The maximum Gasteiger partial charge on any atom is 0.237 e. The van der Waals surface area contributed by atoms with E-state index in [0.717, 1.165) is 0 Å². The lowest BCUT2D eigenvalue weighted by molar-refractivity contribution is -0.160. The standard InChI is InChI=1S/C13H22N2O3/c1-5-6-14-12(17)10(2)15-7-11(8-16)18-13(3,4)9-15/h1,10-11,16H,6-9H2,2-4H3,(H,14,17). The number of hydrogen-bond acceptors (Lipinski definition) is 4. The fraction of sp³-hybridized carbons (Fsp3) is 0.769. The fourth-order valence-electron chi connectivity index (χ4n) is 2.18. The highest BCUT2D eigenvalue weighted by molar-refractivity contribution is 5.81. The molecule has 0 saturated carbocycles. The van der Waals surface area contributed by atoms with Gasteiger partial charge in [0.1, 0.15) is 0 Å². The van der Waals surface area contributed by atoms with Gasteiger partial charge in [0.25, 0.3) is 0 Å². The van der Waals surface area contributed by atoms with Gasteiger partial charge in [0.2, 0.25) is 5.91 Å². The van der Waals surface area contributed by atoms with Crippen LogP contribution in [0.15, 0.2) is 0 Å². The topological polar surface area (TPSA) is 61.8 Å². The highest BCUT2D eigenvalue weighted by Crippen LogP contribution is 2.22. The Balaban J connectivity index is 2.64. The largest absolute Gasteiger partial charge is 0.394 e. The molecular weight excluding hydrogens is 232 g/mol. The first-order chi connectivity index (χ1) is 8.39. The van der Waals surface area contributed by atoms with Gasteiger partial charge in [-0.05, 0) is 20.8 Å². The SMILES string of the molecule is C#CCNC(=O)C(C)N1CC(CO)OC(C)(C)C1. The molecule has 0 aromatic heterocycles. The molecule has 5 nitrogen and oxygen atoms in total. The van der Waals surface area contributed by atoms with E-state index in [-0.39, 0.29) is 36.8 Å². The van der Waals surface area contributed by atoms with Crippen LogP contribution in [0, 0.1) is 12.3 Å². The zero-order chi connectivity index (χ0) is 13.8. The molecule has 2 N–H and O–H groups in total. The third-order valence-corrected chi connectivity index (χ3v) is 3.00. The lowest BCUT2D eigenvalue weighted by Crippen LogP contribution is -2.59. The highest BCUT2D eigenvalue weighted by Gasteiger charge is 2.36. The van der Waals surface area contributed by atoms with Gasteiger partial charge in [0, 0.05) is 13.1 Å². The summed E-state index contributed by atoms with van der Waals surface area (Å²) < 4.78 is 5.71. The minimum atomic E-state index is -0.369. The summed E-state index contributed by atoms with van der Waals surface area (Å²) in [6.07, 6.45) is 4.86. The van der Waals surface area contributed by atoms with Gasteiger partial charge in [0.05, 0.1) is 30.9 Å². The minimum Gasteiger partial charge on any atom is -0.394 e. The lowest BCUT2D eigenvalue weighted by Gasteiger charge is -2.44. The summed E-state index contributed by atoms with van der Waals surface area (Å²) in [5, 5.41) is 11.9. The van der Waals surface area contributed by atoms with Gasteiger partial charge >= 0.3 is 0 Å². The Labute approximate surface area is 108 Å². The first kappa shape index (κ1) is 15.0. The van der Waals surface area contributed by atoms with Crippen LogP contribution in [-0.4, -0.2) is 59.9 Å². The first-order valence-corrected chi connectivity index (χ1v) is 6.13. The summed E-state index contributed by atoms with van der Waals surface area (Å²) in [4.78, 5) is 13.9. The molecular formula is C13H22N2O3. The number of carbonyl (C=O) groups excluding carboxylic acids is 1. The Kier molecular flexibility index (Phi) is 5.15. The van der Waals surface area contributed by atoms with Crippen molar-refractivity contribution in [2.24, 2.45) is 0 Å². The maximum atomic E-state index is 11.9. The van der Waals surface area contributed by atoms with Gasteiger partial charge in [-0.1, -0.05) is 5.92 Å². The maximum absolute atomic E-state index is 11.9. The molecule has 2 unspecified atom stereocenters. The van der Waals surface area contributed by atoms with Crippen molar-refractivity contribution in [3.8, 4) is 12.3 Å². The van der Waals surface area contributed by atoms with Crippen LogP contribution in [0.3, 0.4) is 0 Å². The van der Waals surface area contributed by atoms with Crippen LogP contribution in [0.4, 0.5) is 0 Å². The average molecular weight is 254 g/mol. The van der Waals surface area contributed by atoms with Gasteiger partial charge in [-0.3, -0.25) is 9.69 Å². The molecule has 1 heterocycles. The molecule has 1 rings (SSSR count).